The molecule has 24 heavy (non-hydrogen) atoms. The van der Waals surface area contributed by atoms with Crippen LogP contribution in [0.2, 0.25) is 0 Å². The lowest BCUT2D eigenvalue weighted by atomic mass is 10.3. The zero-order valence-corrected chi connectivity index (χ0v) is 14.5. The molecule has 1 amide bonds. The second kappa shape index (κ2) is 7.23. The van der Waals surface area contributed by atoms with Crippen molar-refractivity contribution in [3.8, 4) is 0 Å². The molecule has 0 radical (unpaired) electrons. The van der Waals surface area contributed by atoms with Crippen molar-refractivity contribution in [3.63, 3.8) is 0 Å². The Kier molecular flexibility index (Phi) is 4.86. The van der Waals surface area contributed by atoms with Crippen molar-refractivity contribution in [2.45, 2.75) is 6.92 Å². The van der Waals surface area contributed by atoms with Crippen molar-refractivity contribution in [1.82, 2.24) is 9.97 Å². The number of hydrogen-bond donors (Lipinski definition) is 2. The van der Waals surface area contributed by atoms with Crippen molar-refractivity contribution >= 4 is 39.2 Å². The van der Waals surface area contributed by atoms with E-state index in [1.807, 2.05) is 61.5 Å². The highest BCUT2D eigenvalue weighted by atomic mass is 79.9. The Morgan fingerprint density at radius 2 is 1.71 bits per heavy atom. The summed E-state index contributed by atoms with van der Waals surface area (Å²) in [6.07, 6.45) is 0. The summed E-state index contributed by atoms with van der Waals surface area (Å²) in [5.74, 6) is 0.107. The Balaban J connectivity index is 1.82. The van der Waals surface area contributed by atoms with Gasteiger partial charge in [-0.15, -0.1) is 0 Å². The van der Waals surface area contributed by atoms with Crippen LogP contribution in [-0.4, -0.2) is 15.9 Å². The number of halogens is 1. The number of hydrogen-bond acceptors (Lipinski definition) is 4. The molecule has 0 saturated heterocycles. The molecule has 5 nitrogen and oxygen atoms in total. The molecule has 0 aliphatic heterocycles. The Morgan fingerprint density at radius 3 is 2.46 bits per heavy atom. The van der Waals surface area contributed by atoms with Gasteiger partial charge in [0.2, 0.25) is 5.95 Å². The standard InChI is InChI=1S/C18H15BrN4O/c1-12-10-16(17(24)21-14-7-3-2-4-8-14)23-18(20-12)22-15-9-5-6-13(19)11-15/h2-11H,1H3,(H,21,24)(H,20,22,23). The second-order valence-corrected chi connectivity index (χ2v) is 6.09. The predicted octanol–water partition coefficient (Wildman–Crippen LogP) is 4.54. The van der Waals surface area contributed by atoms with Crippen LogP contribution in [0.1, 0.15) is 16.2 Å². The fourth-order valence-electron chi connectivity index (χ4n) is 2.15. The van der Waals surface area contributed by atoms with Crippen LogP contribution in [0.15, 0.2) is 65.1 Å². The maximum absolute atomic E-state index is 12.4. The molecule has 0 fully saturated rings. The van der Waals surface area contributed by atoms with Gasteiger partial charge in [-0.1, -0.05) is 40.2 Å². The Hall–Kier alpha value is -2.73. The van der Waals surface area contributed by atoms with Gasteiger partial charge in [-0.3, -0.25) is 4.79 Å². The van der Waals surface area contributed by atoms with E-state index in [4.69, 9.17) is 0 Å². The van der Waals surface area contributed by atoms with Crippen LogP contribution in [-0.2, 0) is 0 Å². The molecule has 0 aliphatic rings. The molecule has 0 saturated carbocycles. The minimum atomic E-state index is -0.274. The van der Waals surface area contributed by atoms with E-state index in [1.165, 1.54) is 0 Å². The third kappa shape index (κ3) is 4.17. The van der Waals surface area contributed by atoms with Gasteiger partial charge >= 0.3 is 0 Å². The molecule has 0 aliphatic carbocycles. The molecule has 2 N–H and O–H groups in total. The van der Waals surface area contributed by atoms with Crippen LogP contribution >= 0.6 is 15.9 Å². The van der Waals surface area contributed by atoms with Crippen molar-refractivity contribution < 1.29 is 4.79 Å². The zero-order chi connectivity index (χ0) is 16.9. The van der Waals surface area contributed by atoms with Gasteiger partial charge < -0.3 is 10.6 Å². The van der Waals surface area contributed by atoms with E-state index in [0.717, 1.165) is 15.8 Å². The number of para-hydroxylation sites is 1. The van der Waals surface area contributed by atoms with Gasteiger partial charge in [-0.2, -0.15) is 0 Å². The summed E-state index contributed by atoms with van der Waals surface area (Å²) in [5, 5.41) is 5.93. The summed E-state index contributed by atoms with van der Waals surface area (Å²) >= 11 is 3.42. The normalized spacial score (nSPS) is 10.2. The number of nitrogens with zero attached hydrogens (tertiary/aromatic N) is 2. The van der Waals surface area contributed by atoms with E-state index in [2.05, 4.69) is 36.5 Å². The molecule has 6 heteroatoms. The molecule has 3 rings (SSSR count). The molecule has 120 valence electrons. The molecule has 0 bridgehead atoms. The monoisotopic (exact) mass is 382 g/mol. The van der Waals surface area contributed by atoms with Crippen molar-refractivity contribution in [3.05, 3.63) is 76.5 Å². The minimum Gasteiger partial charge on any atom is -0.324 e. The van der Waals surface area contributed by atoms with Gasteiger partial charge in [0.25, 0.3) is 5.91 Å². The molecule has 0 unspecified atom stereocenters. The molecular formula is C18H15BrN4O. The lowest BCUT2D eigenvalue weighted by Crippen LogP contribution is -2.15. The zero-order valence-electron chi connectivity index (χ0n) is 13.0. The van der Waals surface area contributed by atoms with Gasteiger partial charge in [0.15, 0.2) is 0 Å². The quantitative estimate of drug-likeness (QED) is 0.694. The third-order valence-electron chi connectivity index (χ3n) is 3.20. The van der Waals surface area contributed by atoms with Gasteiger partial charge in [-0.25, -0.2) is 9.97 Å². The number of anilines is 3. The van der Waals surface area contributed by atoms with E-state index in [1.54, 1.807) is 6.07 Å². The van der Waals surface area contributed by atoms with Gasteiger partial charge in [-0.05, 0) is 43.3 Å². The number of carbonyl (C=O) groups excluding carboxylic acids is 1. The maximum atomic E-state index is 12.4. The predicted molar refractivity (Wildman–Crippen MR) is 98.6 cm³/mol. The lowest BCUT2D eigenvalue weighted by Gasteiger charge is -2.09. The fraction of sp³-hybridized carbons (Fsp3) is 0.0556. The first-order valence-electron chi connectivity index (χ1n) is 7.35. The van der Waals surface area contributed by atoms with Crippen LogP contribution in [0.4, 0.5) is 17.3 Å². The highest BCUT2D eigenvalue weighted by Crippen LogP contribution is 2.19. The van der Waals surface area contributed by atoms with Crippen LogP contribution in [0.25, 0.3) is 0 Å². The van der Waals surface area contributed by atoms with Crippen LogP contribution < -0.4 is 10.6 Å². The van der Waals surface area contributed by atoms with Gasteiger partial charge in [0.1, 0.15) is 5.69 Å². The molecule has 1 heterocycles. The summed E-state index contributed by atoms with van der Waals surface area (Å²) < 4.78 is 0.946. The maximum Gasteiger partial charge on any atom is 0.274 e. The SMILES string of the molecule is Cc1cc(C(=O)Nc2ccccc2)nc(Nc2cccc(Br)c2)n1. The Bertz CT molecular complexity index is 868. The molecule has 3 aromatic rings. The van der Waals surface area contributed by atoms with Crippen molar-refractivity contribution in [1.29, 1.82) is 0 Å². The topological polar surface area (TPSA) is 66.9 Å². The van der Waals surface area contributed by atoms with E-state index in [9.17, 15) is 4.79 Å². The summed E-state index contributed by atoms with van der Waals surface area (Å²) in [5.41, 5.74) is 2.58. The summed E-state index contributed by atoms with van der Waals surface area (Å²) in [6, 6.07) is 18.6. The number of carbonyl (C=O) groups is 1. The van der Waals surface area contributed by atoms with Crippen molar-refractivity contribution in [2.75, 3.05) is 10.6 Å². The number of amides is 1. The first kappa shape index (κ1) is 16.1. The fourth-order valence-corrected chi connectivity index (χ4v) is 2.55. The number of aromatic nitrogens is 2. The molecule has 0 spiro atoms. The number of benzene rings is 2. The smallest absolute Gasteiger partial charge is 0.274 e. The number of aryl methyl sites for hydroxylation is 1. The van der Waals surface area contributed by atoms with E-state index in [0.29, 0.717) is 17.3 Å². The van der Waals surface area contributed by atoms with Crippen molar-refractivity contribution in [2.24, 2.45) is 0 Å². The van der Waals surface area contributed by atoms with Crippen LogP contribution in [0.3, 0.4) is 0 Å². The third-order valence-corrected chi connectivity index (χ3v) is 3.69. The molecular weight excluding hydrogens is 368 g/mol. The van der Waals surface area contributed by atoms with Gasteiger partial charge in [0.05, 0.1) is 0 Å². The first-order valence-corrected chi connectivity index (χ1v) is 8.14. The summed E-state index contributed by atoms with van der Waals surface area (Å²) in [7, 11) is 0. The Labute approximate surface area is 148 Å². The second-order valence-electron chi connectivity index (χ2n) is 5.17. The highest BCUT2D eigenvalue weighted by molar-refractivity contribution is 9.10. The van der Waals surface area contributed by atoms with Gasteiger partial charge in [0, 0.05) is 21.5 Å². The minimum absolute atomic E-state index is 0.274. The summed E-state index contributed by atoms with van der Waals surface area (Å²) in [4.78, 5) is 21.0. The number of rotatable bonds is 4. The van der Waals surface area contributed by atoms with E-state index in [-0.39, 0.29) is 5.91 Å². The van der Waals surface area contributed by atoms with Crippen LogP contribution in [0, 0.1) is 6.92 Å². The highest BCUT2D eigenvalue weighted by Gasteiger charge is 2.11. The van der Waals surface area contributed by atoms with Crippen LogP contribution in [0.5, 0.6) is 0 Å². The number of nitrogens with one attached hydrogen (secondary N) is 2. The average molecular weight is 383 g/mol. The lowest BCUT2D eigenvalue weighted by molar-refractivity contribution is 0.102. The average Bonchev–Trinajstić information content (AvgIpc) is 2.55. The van der Waals surface area contributed by atoms with E-state index >= 15 is 0 Å². The Morgan fingerprint density at radius 1 is 0.958 bits per heavy atom. The first-order chi connectivity index (χ1) is 11.6. The molecule has 1 aromatic heterocycles. The van der Waals surface area contributed by atoms with E-state index < -0.39 is 0 Å². The molecule has 2 aromatic carbocycles. The largest absolute Gasteiger partial charge is 0.324 e. The molecule has 0 atom stereocenters. The summed E-state index contributed by atoms with van der Waals surface area (Å²) in [6.45, 7) is 1.83.